The van der Waals surface area contributed by atoms with Crippen molar-refractivity contribution in [3.63, 3.8) is 0 Å². The summed E-state index contributed by atoms with van der Waals surface area (Å²) in [5.74, 6) is 1.20. The first kappa shape index (κ1) is 24.9. The highest BCUT2D eigenvalue weighted by Crippen LogP contribution is 2.26. The number of hydrogen-bond donors (Lipinski definition) is 0. The number of hydrogen-bond acceptors (Lipinski definition) is 6. The lowest BCUT2D eigenvalue weighted by Crippen LogP contribution is -2.39. The number of methoxy groups -OCH3 is 1. The smallest absolute Gasteiger partial charge is 0.253 e. The Labute approximate surface area is 216 Å². The number of piperidine rings is 1. The van der Waals surface area contributed by atoms with Crippen LogP contribution in [-0.2, 0) is 11.3 Å². The highest BCUT2D eigenvalue weighted by Gasteiger charge is 2.24. The van der Waals surface area contributed by atoms with Crippen LogP contribution in [-0.4, -0.2) is 58.2 Å². The fourth-order valence-electron chi connectivity index (χ4n) is 5.08. The van der Waals surface area contributed by atoms with Crippen LogP contribution in [0.25, 0.3) is 22.4 Å². The van der Waals surface area contributed by atoms with E-state index in [0.717, 1.165) is 66.5 Å². The van der Waals surface area contributed by atoms with Crippen LogP contribution >= 0.6 is 0 Å². The van der Waals surface area contributed by atoms with Crippen molar-refractivity contribution in [3.05, 3.63) is 71.7 Å². The summed E-state index contributed by atoms with van der Waals surface area (Å²) in [7, 11) is 1.65. The van der Waals surface area contributed by atoms with Gasteiger partial charge in [0.1, 0.15) is 6.26 Å². The van der Waals surface area contributed by atoms with E-state index in [1.807, 2.05) is 52.9 Å². The Morgan fingerprint density at radius 2 is 1.89 bits per heavy atom. The van der Waals surface area contributed by atoms with Crippen LogP contribution in [0.5, 0.6) is 0 Å². The van der Waals surface area contributed by atoms with Crippen molar-refractivity contribution in [2.45, 2.75) is 39.2 Å². The summed E-state index contributed by atoms with van der Waals surface area (Å²) in [4.78, 5) is 31.7. The molecule has 1 saturated heterocycles. The van der Waals surface area contributed by atoms with Gasteiger partial charge in [-0.3, -0.25) is 14.3 Å². The number of amides is 1. The largest absolute Gasteiger partial charge is 0.445 e. The number of benzene rings is 2. The Morgan fingerprint density at radius 3 is 2.59 bits per heavy atom. The van der Waals surface area contributed by atoms with Crippen molar-refractivity contribution in [2.75, 3.05) is 26.8 Å². The zero-order valence-electron chi connectivity index (χ0n) is 21.4. The lowest BCUT2D eigenvalue weighted by molar-refractivity contribution is 0.0681. The van der Waals surface area contributed by atoms with Gasteiger partial charge in [0.05, 0.1) is 11.7 Å². The minimum atomic E-state index is 0.0561. The number of likely N-dealkylation sites (tertiary alicyclic amines) is 1. The molecule has 0 saturated carbocycles. The van der Waals surface area contributed by atoms with Gasteiger partial charge in [-0.15, -0.1) is 0 Å². The monoisotopic (exact) mass is 500 g/mol. The molecule has 1 aliphatic heterocycles. The zero-order chi connectivity index (χ0) is 25.8. The third kappa shape index (κ3) is 5.49. The van der Waals surface area contributed by atoms with E-state index >= 15 is 0 Å². The Balaban J connectivity index is 1.18. The van der Waals surface area contributed by atoms with Crippen LogP contribution in [0.2, 0.25) is 0 Å². The van der Waals surface area contributed by atoms with E-state index in [2.05, 4.69) is 11.2 Å². The quantitative estimate of drug-likeness (QED) is 0.233. The zero-order valence-corrected chi connectivity index (χ0v) is 21.4. The van der Waals surface area contributed by atoms with Gasteiger partial charge in [-0.2, -0.15) is 5.10 Å². The molecular formula is C29H32N4O4. The van der Waals surface area contributed by atoms with Gasteiger partial charge < -0.3 is 14.1 Å². The molecule has 1 fully saturated rings. The number of carbonyl (C=O) groups is 2. The number of rotatable bonds is 9. The van der Waals surface area contributed by atoms with Crippen molar-refractivity contribution >= 4 is 22.6 Å². The van der Waals surface area contributed by atoms with E-state index < -0.39 is 0 Å². The van der Waals surface area contributed by atoms with Gasteiger partial charge in [-0.1, -0.05) is 0 Å². The van der Waals surface area contributed by atoms with E-state index in [-0.39, 0.29) is 11.7 Å². The summed E-state index contributed by atoms with van der Waals surface area (Å²) in [6.07, 6.45) is 8.27. The van der Waals surface area contributed by atoms with Gasteiger partial charge in [0.2, 0.25) is 5.89 Å². The molecule has 2 aromatic carbocycles. The van der Waals surface area contributed by atoms with Gasteiger partial charge in [-0.25, -0.2) is 4.98 Å². The number of aryl methyl sites for hydroxylation is 1. The summed E-state index contributed by atoms with van der Waals surface area (Å²) >= 11 is 0. The number of Topliss-reactive ketones (excluding diaryl/α,β-unsaturated/α-hetero) is 1. The SMILES string of the molecule is COCCCC(=O)c1ccc2nn(CC3CCN(C(=O)c4ccc(-c5ncco5)cc4)CC3)cc2c1C. The molecule has 2 aromatic heterocycles. The van der Waals surface area contributed by atoms with Crippen molar-refractivity contribution in [2.24, 2.45) is 5.92 Å². The van der Waals surface area contributed by atoms with Crippen molar-refractivity contribution in [1.29, 1.82) is 0 Å². The molecule has 0 N–H and O–H groups in total. The molecule has 4 aromatic rings. The Hall–Kier alpha value is -3.78. The number of ketones is 1. The second kappa shape index (κ2) is 11.1. The number of oxazole rings is 1. The highest BCUT2D eigenvalue weighted by atomic mass is 16.5. The number of fused-ring (bicyclic) bond motifs is 1. The van der Waals surface area contributed by atoms with Crippen LogP contribution in [0.4, 0.5) is 0 Å². The predicted octanol–water partition coefficient (Wildman–Crippen LogP) is 5.16. The topological polar surface area (TPSA) is 90.5 Å². The Kier molecular flexibility index (Phi) is 7.46. The first-order valence-corrected chi connectivity index (χ1v) is 12.8. The van der Waals surface area contributed by atoms with Crippen LogP contribution in [0.1, 0.15) is 52.0 Å². The normalized spacial score (nSPS) is 14.4. The molecule has 8 nitrogen and oxygen atoms in total. The number of carbonyl (C=O) groups excluding carboxylic acids is 2. The summed E-state index contributed by atoms with van der Waals surface area (Å²) in [5, 5.41) is 5.79. The molecule has 0 bridgehead atoms. The molecule has 0 unspecified atom stereocenters. The van der Waals surface area contributed by atoms with Crippen LogP contribution in [0, 0.1) is 12.8 Å². The minimum absolute atomic E-state index is 0.0561. The Bertz CT molecular complexity index is 1370. The first-order chi connectivity index (χ1) is 18.0. The molecule has 192 valence electrons. The maximum absolute atomic E-state index is 13.0. The van der Waals surface area contributed by atoms with Crippen molar-refractivity contribution < 1.29 is 18.7 Å². The molecule has 0 spiro atoms. The minimum Gasteiger partial charge on any atom is -0.445 e. The van der Waals surface area contributed by atoms with Gasteiger partial charge in [0.15, 0.2) is 5.78 Å². The van der Waals surface area contributed by atoms with Crippen molar-refractivity contribution in [1.82, 2.24) is 19.7 Å². The number of ether oxygens (including phenoxy) is 1. The van der Waals surface area contributed by atoms with Gasteiger partial charge in [0.25, 0.3) is 5.91 Å². The standard InChI is InChI=1S/C29H32N4O4/c1-20-24(27(34)4-3-16-36-2)9-10-26-25(20)19-33(31-26)18-21-11-14-32(15-12-21)29(35)23-7-5-22(6-8-23)28-30-13-17-37-28/h5-10,13,17,19,21H,3-4,11-12,14-16,18H2,1-2H3. The summed E-state index contributed by atoms with van der Waals surface area (Å²) < 4.78 is 12.4. The summed E-state index contributed by atoms with van der Waals surface area (Å²) in [6, 6.07) is 11.2. The third-order valence-electron chi connectivity index (χ3n) is 7.22. The molecule has 1 aliphatic rings. The average molecular weight is 501 g/mol. The van der Waals surface area contributed by atoms with Crippen LogP contribution < -0.4 is 0 Å². The molecule has 37 heavy (non-hydrogen) atoms. The molecule has 3 heterocycles. The molecule has 0 radical (unpaired) electrons. The molecule has 1 amide bonds. The van der Waals surface area contributed by atoms with E-state index in [1.54, 1.807) is 13.3 Å². The van der Waals surface area contributed by atoms with Crippen LogP contribution in [0.3, 0.4) is 0 Å². The number of nitrogens with zero attached hydrogens (tertiary/aromatic N) is 4. The second-order valence-corrected chi connectivity index (χ2v) is 9.69. The fourth-order valence-corrected chi connectivity index (χ4v) is 5.08. The van der Waals surface area contributed by atoms with E-state index in [4.69, 9.17) is 14.3 Å². The predicted molar refractivity (Wildman–Crippen MR) is 140 cm³/mol. The molecule has 0 aliphatic carbocycles. The fraction of sp³-hybridized carbons (Fsp3) is 0.379. The van der Waals surface area contributed by atoms with Gasteiger partial charge in [-0.05, 0) is 74.1 Å². The molecule has 0 atom stereocenters. The van der Waals surface area contributed by atoms with Gasteiger partial charge >= 0.3 is 0 Å². The maximum Gasteiger partial charge on any atom is 0.253 e. The second-order valence-electron chi connectivity index (χ2n) is 9.69. The average Bonchev–Trinajstić information content (AvgIpc) is 3.60. The van der Waals surface area contributed by atoms with E-state index in [0.29, 0.717) is 30.4 Å². The Morgan fingerprint density at radius 1 is 1.11 bits per heavy atom. The van der Waals surface area contributed by atoms with E-state index in [9.17, 15) is 9.59 Å². The summed E-state index contributed by atoms with van der Waals surface area (Å²) in [6.45, 7) is 4.85. The van der Waals surface area contributed by atoms with Crippen LogP contribution in [0.15, 0.2) is 59.5 Å². The third-order valence-corrected chi connectivity index (χ3v) is 7.22. The molecular weight excluding hydrogens is 468 g/mol. The van der Waals surface area contributed by atoms with Gasteiger partial charge in [0, 0.05) is 68.0 Å². The molecule has 5 rings (SSSR count). The first-order valence-electron chi connectivity index (χ1n) is 12.8. The number of aromatic nitrogens is 3. The highest BCUT2D eigenvalue weighted by molar-refractivity contribution is 6.01. The van der Waals surface area contributed by atoms with Crippen molar-refractivity contribution in [3.8, 4) is 11.5 Å². The molecule has 8 heteroatoms. The lowest BCUT2D eigenvalue weighted by Gasteiger charge is -2.32. The lowest BCUT2D eigenvalue weighted by atomic mass is 9.96. The van der Waals surface area contributed by atoms with E-state index in [1.165, 1.54) is 6.26 Å². The summed E-state index contributed by atoms with van der Waals surface area (Å²) in [5.41, 5.74) is 4.19. The maximum atomic E-state index is 13.0.